The summed E-state index contributed by atoms with van der Waals surface area (Å²) in [6.07, 6.45) is 0. The number of hydrazone groups is 1. The summed E-state index contributed by atoms with van der Waals surface area (Å²) in [6.45, 7) is 1.88. The van der Waals surface area contributed by atoms with Crippen molar-refractivity contribution in [2.75, 3.05) is 10.7 Å². The van der Waals surface area contributed by atoms with E-state index < -0.39 is 4.92 Å². The van der Waals surface area contributed by atoms with Crippen LogP contribution in [0.4, 0.5) is 32.9 Å². The van der Waals surface area contributed by atoms with Crippen LogP contribution in [0.5, 0.6) is 5.88 Å². The molecule has 0 saturated heterocycles. The maximum Gasteiger partial charge on any atom is 0.269 e. The van der Waals surface area contributed by atoms with E-state index in [-0.39, 0.29) is 16.6 Å². The summed E-state index contributed by atoms with van der Waals surface area (Å²) in [5.74, 6) is -0.287. The van der Waals surface area contributed by atoms with Gasteiger partial charge in [0.1, 0.15) is 0 Å². The van der Waals surface area contributed by atoms with Crippen molar-refractivity contribution in [1.82, 2.24) is 4.98 Å². The molecule has 1 aromatic heterocycles. The Balaban J connectivity index is 1.27. The second kappa shape index (κ2) is 9.52. The zero-order chi connectivity index (χ0) is 24.4. The number of rotatable bonds is 6. The molecular weight excluding hydrogens is 486 g/mol. The molecule has 0 aliphatic carbocycles. The van der Waals surface area contributed by atoms with Crippen LogP contribution in [0, 0.1) is 10.1 Å². The highest BCUT2D eigenvalue weighted by atomic mass is 32.2. The Morgan fingerprint density at radius 1 is 1.06 bits per heavy atom. The Morgan fingerprint density at radius 2 is 1.83 bits per heavy atom. The summed E-state index contributed by atoms with van der Waals surface area (Å²) in [5.41, 5.74) is 6.98. The molecular formula is C23H17N7O3S2. The standard InChI is InChI=1S/C23H17N7O3S2/c1-13(14-6-11-20-18(12-14)24-17-4-2-3-5-19(17)34-20)26-29-23-25-21(31)22(35-23)28-27-15-7-9-16(10-8-15)30(32)33/h2-12,24,31H,1H3,(H,25,29). The van der Waals surface area contributed by atoms with Crippen molar-refractivity contribution in [3.05, 3.63) is 82.4 Å². The zero-order valence-corrected chi connectivity index (χ0v) is 19.8. The third-order valence-electron chi connectivity index (χ3n) is 5.00. The van der Waals surface area contributed by atoms with Crippen LogP contribution >= 0.6 is 23.1 Å². The lowest BCUT2D eigenvalue weighted by molar-refractivity contribution is -0.384. The van der Waals surface area contributed by atoms with E-state index in [1.54, 1.807) is 11.8 Å². The average Bonchev–Trinajstić information content (AvgIpc) is 3.23. The predicted molar refractivity (Wildman–Crippen MR) is 137 cm³/mol. The number of nitrogens with one attached hydrogen (secondary N) is 2. The van der Waals surface area contributed by atoms with Gasteiger partial charge in [-0.05, 0) is 48.9 Å². The number of aromatic nitrogens is 1. The van der Waals surface area contributed by atoms with Crippen molar-refractivity contribution in [3.8, 4) is 5.88 Å². The van der Waals surface area contributed by atoms with Crippen molar-refractivity contribution in [2.24, 2.45) is 15.3 Å². The van der Waals surface area contributed by atoms with Crippen molar-refractivity contribution in [3.63, 3.8) is 0 Å². The second-order valence-electron chi connectivity index (χ2n) is 7.36. The molecule has 0 fully saturated rings. The first-order chi connectivity index (χ1) is 17.0. The molecule has 0 saturated carbocycles. The molecule has 5 rings (SSSR count). The number of thiazole rings is 1. The van der Waals surface area contributed by atoms with Crippen LogP contribution in [0.2, 0.25) is 0 Å². The summed E-state index contributed by atoms with van der Waals surface area (Å²) in [7, 11) is 0. The number of hydrogen-bond acceptors (Lipinski definition) is 11. The zero-order valence-electron chi connectivity index (χ0n) is 18.2. The lowest BCUT2D eigenvalue weighted by atomic mass is 10.1. The van der Waals surface area contributed by atoms with Gasteiger partial charge in [-0.2, -0.15) is 10.1 Å². The van der Waals surface area contributed by atoms with Gasteiger partial charge in [-0.25, -0.2) is 0 Å². The van der Waals surface area contributed by atoms with Gasteiger partial charge in [-0.15, -0.1) is 10.2 Å². The summed E-state index contributed by atoms with van der Waals surface area (Å²) < 4.78 is 0. The van der Waals surface area contributed by atoms with Gasteiger partial charge in [0.15, 0.2) is 0 Å². The SMILES string of the molecule is CC(=NNc1nc(O)c(N=Nc2ccc([N+](=O)[O-])cc2)s1)c1ccc2c(c1)Nc1ccccc1S2. The fourth-order valence-corrected chi connectivity index (χ4v) is 4.82. The van der Waals surface area contributed by atoms with E-state index in [4.69, 9.17) is 0 Å². The minimum atomic E-state index is -0.491. The van der Waals surface area contributed by atoms with Crippen LogP contribution in [-0.4, -0.2) is 20.7 Å². The molecule has 0 radical (unpaired) electrons. The van der Waals surface area contributed by atoms with Gasteiger partial charge in [0.25, 0.3) is 11.6 Å². The maximum atomic E-state index is 10.7. The number of aromatic hydroxyl groups is 1. The van der Waals surface area contributed by atoms with E-state index in [1.165, 1.54) is 29.2 Å². The average molecular weight is 504 g/mol. The topological polar surface area (TPSA) is 137 Å². The molecule has 35 heavy (non-hydrogen) atoms. The fourth-order valence-electron chi connectivity index (χ4n) is 3.22. The van der Waals surface area contributed by atoms with E-state index in [1.807, 2.05) is 37.3 Å². The molecule has 12 heteroatoms. The molecule has 2 heterocycles. The van der Waals surface area contributed by atoms with Gasteiger partial charge >= 0.3 is 0 Å². The smallest absolute Gasteiger partial charge is 0.269 e. The lowest BCUT2D eigenvalue weighted by Crippen LogP contribution is -2.04. The normalized spacial score (nSPS) is 12.7. The third kappa shape index (κ3) is 4.98. The number of para-hydroxylation sites is 1. The Kier molecular flexibility index (Phi) is 6.12. The Hall–Kier alpha value is -4.29. The highest BCUT2D eigenvalue weighted by Crippen LogP contribution is 2.44. The second-order valence-corrected chi connectivity index (χ2v) is 9.43. The van der Waals surface area contributed by atoms with E-state index in [0.717, 1.165) is 38.9 Å². The largest absolute Gasteiger partial charge is 0.491 e. The third-order valence-corrected chi connectivity index (χ3v) is 6.99. The minimum absolute atomic E-state index is 0.0393. The van der Waals surface area contributed by atoms with Crippen molar-refractivity contribution in [2.45, 2.75) is 16.7 Å². The first-order valence-electron chi connectivity index (χ1n) is 10.3. The summed E-state index contributed by atoms with van der Waals surface area (Å²) in [5, 5.41) is 37.2. The van der Waals surface area contributed by atoms with Gasteiger partial charge in [0, 0.05) is 21.9 Å². The molecule has 10 nitrogen and oxygen atoms in total. The van der Waals surface area contributed by atoms with Crippen LogP contribution in [0.3, 0.4) is 0 Å². The molecule has 0 spiro atoms. The van der Waals surface area contributed by atoms with Crippen molar-refractivity contribution < 1.29 is 10.0 Å². The highest BCUT2D eigenvalue weighted by molar-refractivity contribution is 7.99. The molecule has 0 amide bonds. The summed E-state index contributed by atoms with van der Waals surface area (Å²) >= 11 is 2.79. The summed E-state index contributed by atoms with van der Waals surface area (Å²) in [4.78, 5) is 16.6. The Bertz CT molecular complexity index is 1480. The number of fused-ring (bicyclic) bond motifs is 2. The lowest BCUT2D eigenvalue weighted by Gasteiger charge is -2.21. The van der Waals surface area contributed by atoms with Gasteiger partial charge in [0.05, 0.1) is 27.7 Å². The van der Waals surface area contributed by atoms with E-state index >= 15 is 0 Å². The Labute approximate surface area is 207 Å². The molecule has 0 unspecified atom stereocenters. The first kappa shape index (κ1) is 22.5. The molecule has 3 N–H and O–H groups in total. The van der Waals surface area contributed by atoms with Crippen LogP contribution < -0.4 is 10.7 Å². The van der Waals surface area contributed by atoms with Gasteiger partial charge in [0.2, 0.25) is 10.1 Å². The molecule has 174 valence electrons. The Morgan fingerprint density at radius 3 is 2.63 bits per heavy atom. The monoisotopic (exact) mass is 503 g/mol. The summed E-state index contributed by atoms with van der Waals surface area (Å²) in [6, 6.07) is 19.9. The van der Waals surface area contributed by atoms with Crippen LogP contribution in [-0.2, 0) is 0 Å². The molecule has 4 aromatic rings. The van der Waals surface area contributed by atoms with Crippen LogP contribution in [0.1, 0.15) is 12.5 Å². The van der Waals surface area contributed by atoms with Crippen LogP contribution in [0.15, 0.2) is 91.9 Å². The number of nitro benzene ring substituents is 1. The van der Waals surface area contributed by atoms with E-state index in [0.29, 0.717) is 10.8 Å². The number of nitro groups is 1. The van der Waals surface area contributed by atoms with Gasteiger partial charge in [-0.1, -0.05) is 41.3 Å². The molecule has 3 aromatic carbocycles. The van der Waals surface area contributed by atoms with E-state index in [9.17, 15) is 15.2 Å². The van der Waals surface area contributed by atoms with Gasteiger partial charge < -0.3 is 10.4 Å². The maximum absolute atomic E-state index is 10.7. The molecule has 0 bridgehead atoms. The number of non-ortho nitro benzene ring substituents is 1. The molecule has 1 aliphatic rings. The van der Waals surface area contributed by atoms with Gasteiger partial charge in [-0.3, -0.25) is 15.5 Å². The highest BCUT2D eigenvalue weighted by Gasteiger charge is 2.16. The number of benzene rings is 3. The molecule has 1 aliphatic heterocycles. The number of hydrogen-bond donors (Lipinski definition) is 3. The van der Waals surface area contributed by atoms with Crippen molar-refractivity contribution >= 4 is 61.7 Å². The van der Waals surface area contributed by atoms with Crippen molar-refractivity contribution in [1.29, 1.82) is 0 Å². The fraction of sp³-hybridized carbons (Fsp3) is 0.0435. The number of anilines is 3. The first-order valence-corrected chi connectivity index (χ1v) is 11.9. The quantitative estimate of drug-likeness (QED) is 0.0962. The minimum Gasteiger partial charge on any atom is -0.491 e. The number of azo groups is 1. The van der Waals surface area contributed by atoms with E-state index in [2.05, 4.69) is 43.2 Å². The predicted octanol–water partition coefficient (Wildman–Crippen LogP) is 7.22. The molecule has 0 atom stereocenters. The van der Waals surface area contributed by atoms with Crippen LogP contribution in [0.25, 0.3) is 0 Å². The number of nitrogens with zero attached hydrogens (tertiary/aromatic N) is 5.